The van der Waals surface area contributed by atoms with Crippen LogP contribution in [0.4, 0.5) is 8.78 Å². The van der Waals surface area contributed by atoms with Crippen LogP contribution in [0.5, 0.6) is 0 Å². The molecule has 0 saturated heterocycles. The lowest BCUT2D eigenvalue weighted by Crippen LogP contribution is -1.85. The predicted molar refractivity (Wildman–Crippen MR) is 58.1 cm³/mol. The highest BCUT2D eigenvalue weighted by Crippen LogP contribution is 2.26. The van der Waals surface area contributed by atoms with Crippen LogP contribution in [-0.4, -0.2) is 11.6 Å². The third-order valence-corrected chi connectivity index (χ3v) is 2.69. The Bertz CT molecular complexity index is 308. The number of thioether (sulfide) groups is 1. The van der Waals surface area contributed by atoms with Gasteiger partial charge in [-0.3, -0.25) is 0 Å². The van der Waals surface area contributed by atoms with E-state index in [-0.39, 0.29) is 0 Å². The van der Waals surface area contributed by atoms with Gasteiger partial charge in [0.15, 0.2) is 0 Å². The van der Waals surface area contributed by atoms with E-state index >= 15 is 0 Å². The summed E-state index contributed by atoms with van der Waals surface area (Å²) in [5.41, 5.74) is 1.68. The lowest BCUT2D eigenvalue weighted by molar-refractivity contribution is 0.252. The fraction of sp³-hybridized carbons (Fsp3) is 0.200. The third kappa shape index (κ3) is 3.31. The first-order valence-corrected chi connectivity index (χ1v) is 5.34. The Morgan fingerprint density at radius 2 is 1.93 bits per heavy atom. The van der Waals surface area contributed by atoms with Gasteiger partial charge in [0, 0.05) is 10.8 Å². The molecule has 0 fully saturated rings. The van der Waals surface area contributed by atoms with Crippen molar-refractivity contribution in [2.24, 2.45) is 0 Å². The molecular formula is C10H9ClF2S. The normalized spacial score (nSPS) is 10.6. The summed E-state index contributed by atoms with van der Waals surface area (Å²) in [6, 6.07) is 6.78. The van der Waals surface area contributed by atoms with Crippen molar-refractivity contribution in [3.05, 3.63) is 36.4 Å². The van der Waals surface area contributed by atoms with Crippen molar-refractivity contribution < 1.29 is 8.78 Å². The molecule has 0 aliphatic heterocycles. The largest absolute Gasteiger partial charge is 0.288 e. The average Bonchev–Trinajstić information content (AvgIpc) is 2.17. The Morgan fingerprint density at radius 3 is 2.36 bits per heavy atom. The molecule has 0 unspecified atom stereocenters. The first-order valence-electron chi connectivity index (χ1n) is 3.92. The molecule has 0 aliphatic carbocycles. The summed E-state index contributed by atoms with van der Waals surface area (Å²) in [5.74, 6) is -2.03. The van der Waals surface area contributed by atoms with Gasteiger partial charge < -0.3 is 0 Å². The molecule has 14 heavy (non-hydrogen) atoms. The average molecular weight is 235 g/mol. The predicted octanol–water partition coefficient (Wildman–Crippen LogP) is 4.25. The Kier molecular flexibility index (Phi) is 4.42. The molecule has 1 rings (SSSR count). The molecule has 1 aromatic carbocycles. The second-order valence-electron chi connectivity index (χ2n) is 2.64. The van der Waals surface area contributed by atoms with E-state index < -0.39 is 5.76 Å². The van der Waals surface area contributed by atoms with Crippen molar-refractivity contribution in [3.63, 3.8) is 0 Å². The second kappa shape index (κ2) is 5.37. The molecule has 76 valence electrons. The van der Waals surface area contributed by atoms with Crippen LogP contribution >= 0.6 is 23.4 Å². The van der Waals surface area contributed by atoms with E-state index in [0.717, 1.165) is 11.1 Å². The van der Waals surface area contributed by atoms with Crippen molar-refractivity contribution in [1.29, 1.82) is 0 Å². The monoisotopic (exact) mass is 234 g/mol. The van der Waals surface area contributed by atoms with Crippen LogP contribution in [0.2, 0.25) is 0 Å². The van der Waals surface area contributed by atoms with Gasteiger partial charge in [-0.1, -0.05) is 30.5 Å². The van der Waals surface area contributed by atoms with Crippen molar-refractivity contribution in [1.82, 2.24) is 0 Å². The Hall–Kier alpha value is -0.540. The fourth-order valence-corrected chi connectivity index (χ4v) is 1.60. The number of hydrogen-bond donors (Lipinski definition) is 0. The summed E-state index contributed by atoms with van der Waals surface area (Å²) >= 11 is 6.12. The van der Waals surface area contributed by atoms with Crippen LogP contribution in [0.3, 0.4) is 0 Å². The number of benzene rings is 1. The lowest BCUT2D eigenvalue weighted by Gasteiger charge is -2.03. The van der Waals surface area contributed by atoms with Crippen molar-refractivity contribution in [2.75, 3.05) is 5.88 Å². The molecule has 0 N–H and O–H groups in total. The summed E-state index contributed by atoms with van der Waals surface area (Å²) in [7, 11) is 0. The van der Waals surface area contributed by atoms with Gasteiger partial charge >= 0.3 is 0 Å². The zero-order valence-electron chi connectivity index (χ0n) is 7.34. The molecule has 0 radical (unpaired) electrons. The maximum atomic E-state index is 12.0. The van der Waals surface area contributed by atoms with Gasteiger partial charge in [0.1, 0.15) is 0 Å². The molecule has 0 nitrogen and oxygen atoms in total. The first-order chi connectivity index (χ1) is 6.63. The number of allylic oxidation sites excluding steroid dienone is 1. The van der Waals surface area contributed by atoms with Crippen molar-refractivity contribution in [3.8, 4) is 0 Å². The van der Waals surface area contributed by atoms with Gasteiger partial charge in [-0.2, -0.15) is 8.78 Å². The highest BCUT2D eigenvalue weighted by atomic mass is 35.5. The van der Waals surface area contributed by atoms with Gasteiger partial charge in [0.2, 0.25) is 0 Å². The minimum absolute atomic E-state index is 0.349. The smallest absolute Gasteiger partial charge is 0.198 e. The highest BCUT2D eigenvalue weighted by Gasteiger charge is 2.05. The minimum Gasteiger partial charge on any atom is -0.198 e. The summed E-state index contributed by atoms with van der Waals surface area (Å²) < 4.78 is 23.9. The number of hydrogen-bond acceptors (Lipinski definition) is 1. The standard InChI is InChI=1S/C10H9ClF2S/c1-7(6-11)8-2-4-9(5-3-8)14-10(12)13/h2-5,10H,1,6H2. The van der Waals surface area contributed by atoms with E-state index in [1.165, 1.54) is 0 Å². The van der Waals surface area contributed by atoms with Crippen molar-refractivity contribution in [2.45, 2.75) is 10.7 Å². The molecule has 0 spiro atoms. The third-order valence-electron chi connectivity index (χ3n) is 1.65. The minimum atomic E-state index is -2.38. The summed E-state index contributed by atoms with van der Waals surface area (Å²) in [6.45, 7) is 3.75. The number of alkyl halides is 3. The van der Waals surface area contributed by atoms with E-state index in [0.29, 0.717) is 22.5 Å². The molecule has 0 aliphatic rings. The number of rotatable bonds is 4. The number of halogens is 3. The van der Waals surface area contributed by atoms with Gasteiger partial charge in [0.05, 0.1) is 0 Å². The van der Waals surface area contributed by atoms with Gasteiger partial charge in [0.25, 0.3) is 5.76 Å². The Morgan fingerprint density at radius 1 is 1.36 bits per heavy atom. The molecule has 0 bridgehead atoms. The van der Waals surface area contributed by atoms with E-state index in [9.17, 15) is 8.78 Å². The van der Waals surface area contributed by atoms with Crippen LogP contribution in [0.15, 0.2) is 35.7 Å². The SMILES string of the molecule is C=C(CCl)c1ccc(SC(F)F)cc1. The van der Waals surface area contributed by atoms with Crippen LogP contribution in [-0.2, 0) is 0 Å². The van der Waals surface area contributed by atoms with Gasteiger partial charge in [-0.05, 0) is 23.3 Å². The van der Waals surface area contributed by atoms with Crippen LogP contribution < -0.4 is 0 Å². The molecule has 0 aromatic heterocycles. The van der Waals surface area contributed by atoms with E-state index in [2.05, 4.69) is 6.58 Å². The summed E-state index contributed by atoms with van der Waals surface area (Å²) in [4.78, 5) is 0.547. The quantitative estimate of drug-likeness (QED) is 0.554. The Labute approximate surface area is 91.0 Å². The van der Waals surface area contributed by atoms with Crippen LogP contribution in [0, 0.1) is 0 Å². The van der Waals surface area contributed by atoms with Crippen LogP contribution in [0.25, 0.3) is 5.57 Å². The fourth-order valence-electron chi connectivity index (χ4n) is 0.949. The Balaban J connectivity index is 2.73. The second-order valence-corrected chi connectivity index (χ2v) is 3.97. The van der Waals surface area contributed by atoms with E-state index in [4.69, 9.17) is 11.6 Å². The van der Waals surface area contributed by atoms with Crippen LogP contribution in [0.1, 0.15) is 5.56 Å². The topological polar surface area (TPSA) is 0 Å². The molecule has 0 amide bonds. The molecule has 1 aromatic rings. The maximum Gasteiger partial charge on any atom is 0.288 e. The summed E-state index contributed by atoms with van der Waals surface area (Å²) in [6.07, 6.45) is 0. The molecule has 0 heterocycles. The molecule has 4 heteroatoms. The van der Waals surface area contributed by atoms with E-state index in [1.54, 1.807) is 24.3 Å². The lowest BCUT2D eigenvalue weighted by atomic mass is 10.1. The van der Waals surface area contributed by atoms with Crippen molar-refractivity contribution >= 4 is 28.9 Å². The molecule has 0 saturated carbocycles. The van der Waals surface area contributed by atoms with Gasteiger partial charge in [-0.25, -0.2) is 0 Å². The first kappa shape index (κ1) is 11.5. The van der Waals surface area contributed by atoms with E-state index in [1.807, 2.05) is 0 Å². The maximum absolute atomic E-state index is 12.0. The van der Waals surface area contributed by atoms with Gasteiger partial charge in [-0.15, -0.1) is 11.6 Å². The molecule has 0 atom stereocenters. The highest BCUT2D eigenvalue weighted by molar-refractivity contribution is 7.99. The zero-order valence-corrected chi connectivity index (χ0v) is 8.92. The molecular weight excluding hydrogens is 226 g/mol. The summed E-state index contributed by atoms with van der Waals surface area (Å²) in [5, 5.41) is 0. The zero-order chi connectivity index (χ0) is 10.6.